The minimum Gasteiger partial charge on any atom is -0.482 e. The minimum absolute atomic E-state index is 0.775. The molecule has 1 aliphatic heterocycles. The third-order valence-electron chi connectivity index (χ3n) is 1.68. The molecule has 3 heterocycles. The summed E-state index contributed by atoms with van der Waals surface area (Å²) in [5.74, 6) is 0. The Balaban J connectivity index is 0.000000128. The van der Waals surface area contributed by atoms with Crippen molar-refractivity contribution in [3.8, 4) is 0 Å². The molecular formula is C9H10N4O. The lowest BCUT2D eigenvalue weighted by Crippen LogP contribution is -1.80. The number of hydrogen-bond acceptors (Lipinski definition) is 4. The zero-order valence-corrected chi connectivity index (χ0v) is 7.55. The minimum atomic E-state index is 0.775. The highest BCUT2D eigenvalue weighted by molar-refractivity contribution is 5.68. The van der Waals surface area contributed by atoms with Crippen LogP contribution < -0.4 is 0 Å². The lowest BCUT2D eigenvalue weighted by atomic mass is 10.4. The molecular weight excluding hydrogens is 180 g/mol. The average molecular weight is 190 g/mol. The summed E-state index contributed by atoms with van der Waals surface area (Å²) in [6, 6.07) is 3.82. The Morgan fingerprint density at radius 3 is 3.00 bits per heavy atom. The number of pyridine rings is 1. The molecule has 0 unspecified atom stereocenters. The molecule has 2 aromatic heterocycles. The van der Waals surface area contributed by atoms with Gasteiger partial charge in [-0.3, -0.25) is 4.99 Å². The second kappa shape index (κ2) is 4.36. The lowest BCUT2D eigenvalue weighted by molar-refractivity contribution is 0.361. The lowest BCUT2D eigenvalue weighted by Gasteiger charge is -1.80. The van der Waals surface area contributed by atoms with Crippen molar-refractivity contribution < 1.29 is 4.74 Å². The van der Waals surface area contributed by atoms with Gasteiger partial charge in [0.1, 0.15) is 6.61 Å². The third-order valence-corrected chi connectivity index (χ3v) is 1.68. The highest BCUT2D eigenvalue weighted by atomic mass is 16.5. The van der Waals surface area contributed by atoms with Gasteiger partial charge < -0.3 is 9.72 Å². The van der Waals surface area contributed by atoms with Crippen molar-refractivity contribution in [2.24, 2.45) is 4.99 Å². The predicted octanol–water partition coefficient (Wildman–Crippen LogP) is 1.00. The maximum Gasteiger partial charge on any atom is 0.177 e. The number of hydrogen-bond donors (Lipinski definition) is 1. The molecule has 0 spiro atoms. The van der Waals surface area contributed by atoms with Crippen molar-refractivity contribution in [3.63, 3.8) is 0 Å². The van der Waals surface area contributed by atoms with Crippen molar-refractivity contribution >= 4 is 17.6 Å². The number of imidazole rings is 1. The third kappa shape index (κ3) is 2.07. The molecule has 0 fully saturated rings. The van der Waals surface area contributed by atoms with E-state index in [0.29, 0.717) is 0 Å². The van der Waals surface area contributed by atoms with E-state index in [9.17, 15) is 0 Å². The molecule has 0 aromatic carbocycles. The number of nitrogens with one attached hydrogen (secondary N) is 1. The first-order valence-electron chi connectivity index (χ1n) is 4.31. The first-order valence-corrected chi connectivity index (χ1v) is 4.31. The van der Waals surface area contributed by atoms with E-state index in [1.807, 2.05) is 12.1 Å². The summed E-state index contributed by atoms with van der Waals surface area (Å²) in [6.45, 7) is 1.62. The number of aromatic amines is 1. The van der Waals surface area contributed by atoms with Crippen LogP contribution in [0.3, 0.4) is 0 Å². The van der Waals surface area contributed by atoms with Crippen molar-refractivity contribution in [2.75, 3.05) is 13.2 Å². The Kier molecular flexibility index (Phi) is 2.70. The summed E-state index contributed by atoms with van der Waals surface area (Å²) in [5.41, 5.74) is 1.76. The van der Waals surface area contributed by atoms with E-state index >= 15 is 0 Å². The Hall–Kier alpha value is -1.91. The van der Waals surface area contributed by atoms with Gasteiger partial charge in [0.25, 0.3) is 0 Å². The fourth-order valence-corrected chi connectivity index (χ4v) is 1.04. The first-order chi connectivity index (χ1) is 6.97. The molecule has 3 rings (SSSR count). The largest absolute Gasteiger partial charge is 0.482 e. The first kappa shape index (κ1) is 8.68. The van der Waals surface area contributed by atoms with Gasteiger partial charge >= 0.3 is 0 Å². The van der Waals surface area contributed by atoms with Crippen LogP contribution in [0, 0.1) is 0 Å². The Labute approximate surface area is 80.9 Å². The SMILES string of the molecule is C1=NCCO1.c1cnc2nc[nH]c2c1. The molecule has 1 aliphatic rings. The smallest absolute Gasteiger partial charge is 0.177 e. The summed E-state index contributed by atoms with van der Waals surface area (Å²) in [4.78, 5) is 14.6. The van der Waals surface area contributed by atoms with Crippen LogP contribution in [-0.2, 0) is 4.74 Å². The zero-order chi connectivity index (χ0) is 9.64. The molecule has 5 heteroatoms. The van der Waals surface area contributed by atoms with Gasteiger partial charge in [-0.05, 0) is 12.1 Å². The van der Waals surface area contributed by atoms with Crippen LogP contribution in [0.2, 0.25) is 0 Å². The maximum atomic E-state index is 4.65. The summed E-state index contributed by atoms with van der Waals surface area (Å²) in [7, 11) is 0. The molecule has 0 bridgehead atoms. The number of aromatic nitrogens is 3. The van der Waals surface area contributed by atoms with Gasteiger partial charge in [-0.25, -0.2) is 9.97 Å². The van der Waals surface area contributed by atoms with E-state index in [1.165, 1.54) is 6.40 Å². The molecule has 0 saturated heterocycles. The maximum absolute atomic E-state index is 4.65. The summed E-state index contributed by atoms with van der Waals surface area (Å²) < 4.78 is 4.65. The summed E-state index contributed by atoms with van der Waals surface area (Å²) >= 11 is 0. The standard InChI is InChI=1S/C6H5N3.C3H5NO/c1-2-5-6(7-3-1)9-4-8-5;1-2-5-3-4-1/h1-4H,(H,7,8,9);3H,1-2H2. The molecule has 2 aromatic rings. The van der Waals surface area contributed by atoms with Gasteiger partial charge in [-0.2, -0.15) is 0 Å². The molecule has 1 N–H and O–H groups in total. The average Bonchev–Trinajstić information content (AvgIpc) is 2.92. The molecule has 14 heavy (non-hydrogen) atoms. The quantitative estimate of drug-likeness (QED) is 0.674. The number of H-pyrrole nitrogens is 1. The topological polar surface area (TPSA) is 63.2 Å². The Morgan fingerprint density at radius 1 is 1.36 bits per heavy atom. The Bertz CT molecular complexity index is 387. The fraction of sp³-hybridized carbons (Fsp3) is 0.222. The number of ether oxygens (including phenoxy) is 1. The number of fused-ring (bicyclic) bond motifs is 1. The van der Waals surface area contributed by atoms with Crippen LogP contribution in [0.1, 0.15) is 0 Å². The molecule has 72 valence electrons. The Morgan fingerprint density at radius 2 is 2.36 bits per heavy atom. The van der Waals surface area contributed by atoms with Crippen LogP contribution in [0.5, 0.6) is 0 Å². The van der Waals surface area contributed by atoms with E-state index in [0.717, 1.165) is 24.3 Å². The van der Waals surface area contributed by atoms with Gasteiger partial charge in [-0.15, -0.1) is 0 Å². The van der Waals surface area contributed by atoms with Gasteiger partial charge in [0, 0.05) is 6.20 Å². The number of aliphatic imine (C=N–C) groups is 1. The molecule has 0 aliphatic carbocycles. The van der Waals surface area contributed by atoms with Crippen molar-refractivity contribution in [3.05, 3.63) is 24.7 Å². The number of nitrogens with zero attached hydrogens (tertiary/aromatic N) is 3. The second-order valence-corrected chi connectivity index (χ2v) is 2.66. The van der Waals surface area contributed by atoms with Crippen molar-refractivity contribution in [1.29, 1.82) is 0 Å². The van der Waals surface area contributed by atoms with Crippen LogP contribution >= 0.6 is 0 Å². The highest BCUT2D eigenvalue weighted by Crippen LogP contribution is 2.01. The van der Waals surface area contributed by atoms with Gasteiger partial charge in [-0.1, -0.05) is 0 Å². The highest BCUT2D eigenvalue weighted by Gasteiger charge is 1.90. The molecule has 0 saturated carbocycles. The monoisotopic (exact) mass is 190 g/mol. The molecule has 0 amide bonds. The van der Waals surface area contributed by atoms with Crippen molar-refractivity contribution in [1.82, 2.24) is 15.0 Å². The summed E-state index contributed by atoms with van der Waals surface area (Å²) in [5, 5.41) is 0. The normalized spacial score (nSPS) is 13.4. The van der Waals surface area contributed by atoms with E-state index in [4.69, 9.17) is 0 Å². The molecule has 0 atom stereocenters. The van der Waals surface area contributed by atoms with E-state index in [1.54, 1.807) is 12.5 Å². The number of rotatable bonds is 0. The summed E-state index contributed by atoms with van der Waals surface area (Å²) in [6.07, 6.45) is 4.85. The molecule has 5 nitrogen and oxygen atoms in total. The van der Waals surface area contributed by atoms with Crippen LogP contribution in [-0.4, -0.2) is 34.5 Å². The van der Waals surface area contributed by atoms with E-state index < -0.39 is 0 Å². The van der Waals surface area contributed by atoms with Gasteiger partial charge in [0.05, 0.1) is 18.4 Å². The molecule has 0 radical (unpaired) electrons. The van der Waals surface area contributed by atoms with E-state index in [-0.39, 0.29) is 0 Å². The van der Waals surface area contributed by atoms with Gasteiger partial charge in [0.2, 0.25) is 0 Å². The van der Waals surface area contributed by atoms with Crippen LogP contribution in [0.4, 0.5) is 0 Å². The predicted molar refractivity (Wildman–Crippen MR) is 53.2 cm³/mol. The van der Waals surface area contributed by atoms with Crippen LogP contribution in [0.15, 0.2) is 29.6 Å². The van der Waals surface area contributed by atoms with Crippen LogP contribution in [0.25, 0.3) is 11.2 Å². The van der Waals surface area contributed by atoms with Crippen molar-refractivity contribution in [2.45, 2.75) is 0 Å². The fourth-order valence-electron chi connectivity index (χ4n) is 1.04. The second-order valence-electron chi connectivity index (χ2n) is 2.66. The zero-order valence-electron chi connectivity index (χ0n) is 7.55. The van der Waals surface area contributed by atoms with Gasteiger partial charge in [0.15, 0.2) is 12.0 Å². The van der Waals surface area contributed by atoms with E-state index in [2.05, 4.69) is 24.7 Å².